The number of carbonyl (C=O) groups excluding carboxylic acids is 1. The van der Waals surface area contributed by atoms with Crippen molar-refractivity contribution in [1.82, 2.24) is 0 Å². The number of hydrogen-bond donors (Lipinski definition) is 0. The summed E-state index contributed by atoms with van der Waals surface area (Å²) in [5.74, 6) is -4.38. The second-order valence-electron chi connectivity index (χ2n) is 2.82. The van der Waals surface area contributed by atoms with Crippen LogP contribution in [0.3, 0.4) is 0 Å². The Labute approximate surface area is 81.5 Å². The van der Waals surface area contributed by atoms with Crippen molar-refractivity contribution >= 4 is 5.78 Å². The molecule has 0 unspecified atom stereocenters. The molecule has 6 heteroatoms. The summed E-state index contributed by atoms with van der Waals surface area (Å²) in [6.07, 6.45) is -6.52. The number of halogens is 5. The fourth-order valence-electron chi connectivity index (χ4n) is 0.996. The van der Waals surface area contributed by atoms with E-state index >= 15 is 0 Å². The van der Waals surface area contributed by atoms with E-state index in [-0.39, 0.29) is 0 Å². The summed E-state index contributed by atoms with van der Waals surface area (Å²) in [7, 11) is 0. The average Bonchev–Trinajstić information content (AvgIpc) is 2.06. The maximum Gasteiger partial charge on any atom is 0.396 e. The van der Waals surface area contributed by atoms with Gasteiger partial charge in [-0.15, -0.1) is 0 Å². The first kappa shape index (κ1) is 11.6. The second kappa shape index (κ2) is 3.96. The highest BCUT2D eigenvalue weighted by Gasteiger charge is 2.32. The third kappa shape index (κ3) is 3.00. The van der Waals surface area contributed by atoms with E-state index in [1.807, 2.05) is 0 Å². The minimum Gasteiger partial charge on any atom is -0.294 e. The van der Waals surface area contributed by atoms with Crippen LogP contribution in [-0.2, 0) is 0 Å². The normalized spacial score (nSPS) is 11.5. The maximum absolute atomic E-state index is 12.9. The third-order valence-electron chi connectivity index (χ3n) is 1.61. The highest BCUT2D eigenvalue weighted by Crippen LogP contribution is 2.23. The molecule has 0 aromatic heterocycles. The second-order valence-corrected chi connectivity index (χ2v) is 2.82. The molecule has 0 aliphatic heterocycles. The number of hydrogen-bond acceptors (Lipinski definition) is 1. The summed E-state index contributed by atoms with van der Waals surface area (Å²) < 4.78 is 60.8. The zero-order valence-corrected chi connectivity index (χ0v) is 7.24. The third-order valence-corrected chi connectivity index (χ3v) is 1.61. The number of carbonyl (C=O) groups is 1. The van der Waals surface area contributed by atoms with E-state index in [0.717, 1.165) is 18.2 Å². The molecule has 1 aromatic rings. The molecule has 1 aromatic carbocycles. The largest absolute Gasteiger partial charge is 0.396 e. The zero-order valence-electron chi connectivity index (χ0n) is 7.24. The molecule has 1 nitrogen and oxygen atoms in total. The molecule has 0 fully saturated rings. The number of ketones is 1. The van der Waals surface area contributed by atoms with E-state index in [1.165, 1.54) is 0 Å². The Morgan fingerprint density at radius 2 is 1.80 bits per heavy atom. The fraction of sp³-hybridized carbons (Fsp3) is 0.222. The lowest BCUT2D eigenvalue weighted by Crippen LogP contribution is -2.16. The number of alkyl halides is 3. The molecule has 82 valence electrons. The van der Waals surface area contributed by atoms with Crippen LogP contribution in [0.5, 0.6) is 0 Å². The molecule has 0 bridgehead atoms. The summed E-state index contributed by atoms with van der Waals surface area (Å²) in [6, 6.07) is 2.51. The summed E-state index contributed by atoms with van der Waals surface area (Å²) in [5.41, 5.74) is -0.882. The van der Waals surface area contributed by atoms with E-state index < -0.39 is 35.6 Å². The Balaban J connectivity index is 2.97. The molecule has 0 amide bonds. The van der Waals surface area contributed by atoms with Crippen molar-refractivity contribution in [1.29, 1.82) is 0 Å². The first-order chi connectivity index (χ1) is 6.81. The van der Waals surface area contributed by atoms with Crippen LogP contribution >= 0.6 is 0 Å². The number of Topliss-reactive ketones (excluding diaryl/α,β-unsaturated/α-hetero) is 1. The molecular formula is C9H5F5O. The van der Waals surface area contributed by atoms with E-state index in [4.69, 9.17) is 0 Å². The van der Waals surface area contributed by atoms with Crippen molar-refractivity contribution in [3.05, 3.63) is 35.4 Å². The van der Waals surface area contributed by atoms with Crippen molar-refractivity contribution in [3.8, 4) is 0 Å². The molecule has 0 radical (unpaired) electrons. The number of benzene rings is 1. The predicted molar refractivity (Wildman–Crippen MR) is 41.4 cm³/mol. The molecular weight excluding hydrogens is 219 g/mol. The zero-order chi connectivity index (χ0) is 11.6. The Bertz CT molecular complexity index is 383. The Morgan fingerprint density at radius 3 is 2.33 bits per heavy atom. The quantitative estimate of drug-likeness (QED) is 0.557. The molecule has 0 N–H and O–H groups in total. The maximum atomic E-state index is 12.9. The van der Waals surface area contributed by atoms with Gasteiger partial charge in [-0.05, 0) is 12.1 Å². The van der Waals surface area contributed by atoms with Gasteiger partial charge in [0.2, 0.25) is 0 Å². The molecule has 15 heavy (non-hydrogen) atoms. The van der Waals surface area contributed by atoms with Crippen LogP contribution in [0.1, 0.15) is 16.8 Å². The van der Waals surface area contributed by atoms with E-state index in [0.29, 0.717) is 0 Å². The van der Waals surface area contributed by atoms with E-state index in [9.17, 15) is 26.7 Å². The van der Waals surface area contributed by atoms with Gasteiger partial charge in [0.1, 0.15) is 6.42 Å². The van der Waals surface area contributed by atoms with Crippen LogP contribution in [0.25, 0.3) is 0 Å². The standard InChI is InChI=1S/C9H5F5O/c10-6-3-1-2-5(8(6)11)7(15)4-9(12,13)14/h1-3H,4H2. The van der Waals surface area contributed by atoms with Gasteiger partial charge in [-0.2, -0.15) is 13.2 Å². The smallest absolute Gasteiger partial charge is 0.294 e. The first-order valence-electron chi connectivity index (χ1n) is 3.85. The molecule has 1 rings (SSSR count). The van der Waals surface area contributed by atoms with Crippen LogP contribution in [-0.4, -0.2) is 12.0 Å². The Morgan fingerprint density at radius 1 is 1.20 bits per heavy atom. The van der Waals surface area contributed by atoms with Gasteiger partial charge in [-0.25, -0.2) is 8.78 Å². The summed E-state index contributed by atoms with van der Waals surface area (Å²) in [6.45, 7) is 0. The number of rotatable bonds is 2. The first-order valence-corrected chi connectivity index (χ1v) is 3.85. The van der Waals surface area contributed by atoms with Gasteiger partial charge in [0.05, 0.1) is 5.56 Å². The SMILES string of the molecule is O=C(CC(F)(F)F)c1cccc(F)c1F. The van der Waals surface area contributed by atoms with Crippen LogP contribution in [0, 0.1) is 11.6 Å². The Kier molecular flexibility index (Phi) is 3.06. The minimum atomic E-state index is -4.73. The van der Waals surface area contributed by atoms with Gasteiger partial charge in [-0.1, -0.05) is 6.07 Å². The average molecular weight is 224 g/mol. The summed E-state index contributed by atoms with van der Waals surface area (Å²) in [4.78, 5) is 10.9. The van der Waals surface area contributed by atoms with Crippen molar-refractivity contribution in [3.63, 3.8) is 0 Å². The van der Waals surface area contributed by atoms with Gasteiger partial charge >= 0.3 is 6.18 Å². The lowest BCUT2D eigenvalue weighted by atomic mass is 10.1. The fourth-order valence-corrected chi connectivity index (χ4v) is 0.996. The highest BCUT2D eigenvalue weighted by molar-refractivity contribution is 5.96. The lowest BCUT2D eigenvalue weighted by Gasteiger charge is -2.06. The minimum absolute atomic E-state index is 0.722. The molecule has 0 aliphatic carbocycles. The molecule has 0 saturated carbocycles. The highest BCUT2D eigenvalue weighted by atomic mass is 19.4. The van der Waals surface area contributed by atoms with E-state index in [2.05, 4.69) is 0 Å². The van der Waals surface area contributed by atoms with Crippen molar-refractivity contribution in [2.24, 2.45) is 0 Å². The monoisotopic (exact) mass is 224 g/mol. The van der Waals surface area contributed by atoms with E-state index in [1.54, 1.807) is 0 Å². The van der Waals surface area contributed by atoms with Gasteiger partial charge in [0.15, 0.2) is 17.4 Å². The summed E-state index contributed by atoms with van der Waals surface area (Å²) in [5, 5.41) is 0. The molecule has 0 heterocycles. The molecule has 0 atom stereocenters. The molecule has 0 aliphatic rings. The van der Waals surface area contributed by atoms with Crippen LogP contribution in [0.15, 0.2) is 18.2 Å². The van der Waals surface area contributed by atoms with Crippen molar-refractivity contribution in [2.75, 3.05) is 0 Å². The predicted octanol–water partition coefficient (Wildman–Crippen LogP) is 3.10. The Hall–Kier alpha value is -1.46. The van der Waals surface area contributed by atoms with Crippen molar-refractivity contribution < 1.29 is 26.7 Å². The summed E-state index contributed by atoms with van der Waals surface area (Å²) >= 11 is 0. The topological polar surface area (TPSA) is 17.1 Å². The van der Waals surface area contributed by atoms with Gasteiger partial charge in [0, 0.05) is 0 Å². The molecule has 0 spiro atoms. The van der Waals surface area contributed by atoms with Gasteiger partial charge in [-0.3, -0.25) is 4.79 Å². The van der Waals surface area contributed by atoms with Crippen LogP contribution < -0.4 is 0 Å². The van der Waals surface area contributed by atoms with Crippen LogP contribution in [0.2, 0.25) is 0 Å². The van der Waals surface area contributed by atoms with Crippen molar-refractivity contribution in [2.45, 2.75) is 12.6 Å². The van der Waals surface area contributed by atoms with Gasteiger partial charge < -0.3 is 0 Å². The molecule has 0 saturated heterocycles. The lowest BCUT2D eigenvalue weighted by molar-refractivity contribution is -0.125. The van der Waals surface area contributed by atoms with Gasteiger partial charge in [0.25, 0.3) is 0 Å². The van der Waals surface area contributed by atoms with Crippen LogP contribution in [0.4, 0.5) is 22.0 Å².